The van der Waals surface area contributed by atoms with E-state index in [9.17, 15) is 14.4 Å². The summed E-state index contributed by atoms with van der Waals surface area (Å²) >= 11 is 0. The van der Waals surface area contributed by atoms with Crippen molar-refractivity contribution in [2.24, 2.45) is 11.8 Å². The van der Waals surface area contributed by atoms with Gasteiger partial charge in [0.15, 0.2) is 0 Å². The van der Waals surface area contributed by atoms with Gasteiger partial charge < -0.3 is 20.1 Å². The average Bonchev–Trinajstić information content (AvgIpc) is 2.69. The van der Waals surface area contributed by atoms with Crippen molar-refractivity contribution >= 4 is 18.0 Å². The molecule has 0 radical (unpaired) electrons. The van der Waals surface area contributed by atoms with Gasteiger partial charge in [-0.3, -0.25) is 4.79 Å². The number of esters is 1. The molecule has 0 aromatic heterocycles. The van der Waals surface area contributed by atoms with Crippen LogP contribution in [0.25, 0.3) is 0 Å². The van der Waals surface area contributed by atoms with Gasteiger partial charge >= 0.3 is 12.1 Å². The SMILES string of the molecule is COC(=O)[C@@H](NC(=O)[C@H](CC(C)C)NC(=O)OCc1ccccc1)[C@H](C)CC#N. The van der Waals surface area contributed by atoms with Crippen molar-refractivity contribution in [1.82, 2.24) is 10.6 Å². The highest BCUT2D eigenvalue weighted by Gasteiger charge is 2.31. The molecule has 3 atom stereocenters. The lowest BCUT2D eigenvalue weighted by Gasteiger charge is -2.25. The van der Waals surface area contributed by atoms with E-state index in [1.807, 2.05) is 50.2 Å². The van der Waals surface area contributed by atoms with Crippen LogP contribution in [0.4, 0.5) is 4.79 Å². The fraction of sp³-hybridized carbons (Fsp3) is 0.524. The maximum absolute atomic E-state index is 12.8. The Hall–Kier alpha value is -3.08. The van der Waals surface area contributed by atoms with Gasteiger partial charge in [-0.25, -0.2) is 9.59 Å². The Morgan fingerprint density at radius 3 is 2.31 bits per heavy atom. The van der Waals surface area contributed by atoms with Gasteiger partial charge in [0.1, 0.15) is 18.7 Å². The topological polar surface area (TPSA) is 118 Å². The lowest BCUT2D eigenvalue weighted by Crippen LogP contribution is -2.54. The Morgan fingerprint density at radius 1 is 1.10 bits per heavy atom. The third-order valence-electron chi connectivity index (χ3n) is 4.26. The van der Waals surface area contributed by atoms with Crippen molar-refractivity contribution in [2.45, 2.75) is 52.3 Å². The number of nitrogens with one attached hydrogen (secondary N) is 2. The lowest BCUT2D eigenvalue weighted by atomic mass is 9.97. The van der Waals surface area contributed by atoms with Gasteiger partial charge in [-0.2, -0.15) is 5.26 Å². The number of nitrogens with zero attached hydrogens (tertiary/aromatic N) is 1. The molecule has 1 aromatic carbocycles. The van der Waals surface area contributed by atoms with Crippen molar-refractivity contribution in [3.8, 4) is 6.07 Å². The molecule has 2 N–H and O–H groups in total. The molecule has 8 heteroatoms. The summed E-state index contributed by atoms with van der Waals surface area (Å²) in [6, 6.07) is 9.28. The molecule has 1 aromatic rings. The number of rotatable bonds is 10. The van der Waals surface area contributed by atoms with E-state index in [1.165, 1.54) is 7.11 Å². The third kappa shape index (κ3) is 8.64. The predicted octanol–water partition coefficient (Wildman–Crippen LogP) is 2.54. The van der Waals surface area contributed by atoms with Crippen LogP contribution < -0.4 is 10.6 Å². The molecule has 0 aliphatic carbocycles. The Balaban J connectivity index is 2.78. The first-order chi connectivity index (χ1) is 13.8. The number of carbonyl (C=O) groups is 3. The molecule has 0 fully saturated rings. The molecular weight excluding hydrogens is 374 g/mol. The van der Waals surface area contributed by atoms with Crippen LogP contribution in [0.3, 0.4) is 0 Å². The monoisotopic (exact) mass is 403 g/mol. The van der Waals surface area contributed by atoms with Crippen LogP contribution in [0.2, 0.25) is 0 Å². The molecule has 8 nitrogen and oxygen atoms in total. The van der Waals surface area contributed by atoms with Gasteiger partial charge in [-0.1, -0.05) is 51.1 Å². The fourth-order valence-corrected chi connectivity index (χ4v) is 2.69. The van der Waals surface area contributed by atoms with Gasteiger partial charge in [-0.05, 0) is 17.9 Å². The Morgan fingerprint density at radius 2 is 1.76 bits per heavy atom. The summed E-state index contributed by atoms with van der Waals surface area (Å²) in [4.78, 5) is 37.0. The summed E-state index contributed by atoms with van der Waals surface area (Å²) in [5.74, 6) is -1.51. The van der Waals surface area contributed by atoms with Crippen LogP contribution in [0.5, 0.6) is 0 Å². The zero-order valence-corrected chi connectivity index (χ0v) is 17.3. The quantitative estimate of drug-likeness (QED) is 0.580. The number of hydrogen-bond donors (Lipinski definition) is 2. The van der Waals surface area contributed by atoms with Gasteiger partial charge in [-0.15, -0.1) is 0 Å². The number of nitriles is 1. The largest absolute Gasteiger partial charge is 0.467 e. The normalized spacial score (nSPS) is 13.5. The van der Waals surface area contributed by atoms with Crippen LogP contribution in [0.1, 0.15) is 39.2 Å². The van der Waals surface area contributed by atoms with Gasteiger partial charge in [0.2, 0.25) is 5.91 Å². The molecule has 0 heterocycles. The molecule has 0 unspecified atom stereocenters. The summed E-state index contributed by atoms with van der Waals surface area (Å²) in [5.41, 5.74) is 0.823. The average molecular weight is 403 g/mol. The van der Waals surface area contributed by atoms with Crippen molar-refractivity contribution < 1.29 is 23.9 Å². The van der Waals surface area contributed by atoms with E-state index in [2.05, 4.69) is 10.6 Å². The van der Waals surface area contributed by atoms with E-state index in [0.717, 1.165) is 5.56 Å². The number of methoxy groups -OCH3 is 1. The summed E-state index contributed by atoms with van der Waals surface area (Å²) in [6.45, 7) is 5.57. The molecule has 0 bridgehead atoms. The minimum absolute atomic E-state index is 0.0709. The first-order valence-corrected chi connectivity index (χ1v) is 9.50. The fourth-order valence-electron chi connectivity index (χ4n) is 2.69. The standard InChI is InChI=1S/C21H29N3O5/c1-14(2)12-17(23-21(27)29-13-16-8-6-5-7-9-16)19(25)24-18(20(26)28-4)15(3)10-11-22/h5-9,14-15,17-18H,10,12-13H2,1-4H3,(H,23,27)(H,24,25)/t15-,17+,18+/m1/s1. The molecule has 2 amide bonds. The van der Waals surface area contributed by atoms with E-state index in [1.54, 1.807) is 6.92 Å². The highest BCUT2D eigenvalue weighted by molar-refractivity contribution is 5.89. The first kappa shape index (κ1) is 24.0. The third-order valence-corrected chi connectivity index (χ3v) is 4.26. The highest BCUT2D eigenvalue weighted by Crippen LogP contribution is 2.12. The molecular formula is C21H29N3O5. The number of amides is 2. The minimum atomic E-state index is -0.982. The van der Waals surface area contributed by atoms with Gasteiger partial charge in [0, 0.05) is 12.3 Å². The van der Waals surface area contributed by atoms with Crippen LogP contribution in [-0.4, -0.2) is 37.2 Å². The smallest absolute Gasteiger partial charge is 0.408 e. The second-order valence-corrected chi connectivity index (χ2v) is 7.24. The highest BCUT2D eigenvalue weighted by atomic mass is 16.5. The van der Waals surface area contributed by atoms with Crippen LogP contribution in [0, 0.1) is 23.2 Å². The van der Waals surface area contributed by atoms with E-state index in [4.69, 9.17) is 14.7 Å². The van der Waals surface area contributed by atoms with Crippen LogP contribution >= 0.6 is 0 Å². The predicted molar refractivity (Wildman–Crippen MR) is 106 cm³/mol. The van der Waals surface area contributed by atoms with Gasteiger partial charge in [0.05, 0.1) is 13.2 Å². The molecule has 1 rings (SSSR count). The van der Waals surface area contributed by atoms with E-state index in [0.29, 0.717) is 6.42 Å². The van der Waals surface area contributed by atoms with Gasteiger partial charge in [0.25, 0.3) is 0 Å². The molecule has 158 valence electrons. The zero-order chi connectivity index (χ0) is 21.8. The maximum atomic E-state index is 12.8. The summed E-state index contributed by atoms with van der Waals surface area (Å²) in [5, 5.41) is 14.0. The molecule has 0 aliphatic rings. The molecule has 0 saturated carbocycles. The maximum Gasteiger partial charge on any atom is 0.408 e. The number of carbonyl (C=O) groups excluding carboxylic acids is 3. The molecule has 0 aliphatic heterocycles. The Bertz CT molecular complexity index is 715. The second kappa shape index (κ2) is 12.4. The number of alkyl carbamates (subject to hydrolysis) is 1. The summed E-state index contributed by atoms with van der Waals surface area (Å²) in [6.07, 6.45) is -0.303. The van der Waals surface area contributed by atoms with E-state index < -0.39 is 36.0 Å². The zero-order valence-electron chi connectivity index (χ0n) is 17.3. The number of ether oxygens (including phenoxy) is 2. The molecule has 0 spiro atoms. The molecule has 29 heavy (non-hydrogen) atoms. The first-order valence-electron chi connectivity index (χ1n) is 9.50. The minimum Gasteiger partial charge on any atom is -0.467 e. The van der Waals surface area contributed by atoms with Crippen LogP contribution in [0.15, 0.2) is 30.3 Å². The number of benzene rings is 1. The lowest BCUT2D eigenvalue weighted by molar-refractivity contribution is -0.146. The Labute approximate surface area is 171 Å². The number of hydrogen-bond acceptors (Lipinski definition) is 6. The molecule has 0 saturated heterocycles. The van der Waals surface area contributed by atoms with Crippen LogP contribution in [-0.2, 0) is 25.7 Å². The second-order valence-electron chi connectivity index (χ2n) is 7.24. The summed E-state index contributed by atoms with van der Waals surface area (Å²) in [7, 11) is 1.21. The van der Waals surface area contributed by atoms with E-state index >= 15 is 0 Å². The van der Waals surface area contributed by atoms with Crippen molar-refractivity contribution in [3.63, 3.8) is 0 Å². The van der Waals surface area contributed by atoms with Crippen molar-refractivity contribution in [3.05, 3.63) is 35.9 Å². The summed E-state index contributed by atoms with van der Waals surface area (Å²) < 4.78 is 9.92. The Kier molecular flexibility index (Phi) is 10.2. The van der Waals surface area contributed by atoms with Crippen molar-refractivity contribution in [1.29, 1.82) is 5.26 Å². The van der Waals surface area contributed by atoms with E-state index in [-0.39, 0.29) is 18.9 Å². The van der Waals surface area contributed by atoms with Crippen molar-refractivity contribution in [2.75, 3.05) is 7.11 Å².